The van der Waals surface area contributed by atoms with Crippen molar-refractivity contribution >= 4 is 40.0 Å². The van der Waals surface area contributed by atoms with Crippen molar-refractivity contribution in [3.63, 3.8) is 0 Å². The van der Waals surface area contributed by atoms with Crippen molar-refractivity contribution in [2.24, 2.45) is 0 Å². The summed E-state index contributed by atoms with van der Waals surface area (Å²) in [4.78, 5) is 25.6. The lowest BCUT2D eigenvalue weighted by atomic mass is 10.1. The first-order chi connectivity index (χ1) is 15.0. The maximum Gasteiger partial charge on any atom is 0.263 e. The highest BCUT2D eigenvalue weighted by atomic mass is 32.2. The van der Waals surface area contributed by atoms with Crippen LogP contribution < -0.4 is 10.9 Å². The lowest BCUT2D eigenvalue weighted by Crippen LogP contribution is -2.22. The Balaban J connectivity index is 1.66. The number of hydrogen-bond donors (Lipinski definition) is 1. The molecule has 0 radical (unpaired) electrons. The number of aromatic nitrogens is 4. The second-order valence-electron chi connectivity index (χ2n) is 7.14. The highest BCUT2D eigenvalue weighted by Gasteiger charge is 2.17. The van der Waals surface area contributed by atoms with Gasteiger partial charge in [-0.2, -0.15) is 0 Å². The molecule has 2 aromatic heterocycles. The van der Waals surface area contributed by atoms with Crippen LogP contribution in [0.15, 0.2) is 65.1 Å². The minimum Gasteiger partial charge on any atom is -0.325 e. The molecule has 158 valence electrons. The lowest BCUT2D eigenvalue weighted by molar-refractivity contribution is -0.113. The van der Waals surface area contributed by atoms with E-state index in [0.717, 1.165) is 23.2 Å². The number of nitrogens with zero attached hydrogens (tertiary/aromatic N) is 4. The molecule has 0 saturated heterocycles. The van der Waals surface area contributed by atoms with Gasteiger partial charge in [-0.3, -0.25) is 18.6 Å². The maximum absolute atomic E-state index is 12.9. The zero-order valence-corrected chi connectivity index (χ0v) is 18.3. The third kappa shape index (κ3) is 3.86. The third-order valence-corrected chi connectivity index (χ3v) is 6.06. The second-order valence-corrected chi connectivity index (χ2v) is 8.08. The summed E-state index contributed by atoms with van der Waals surface area (Å²) in [6.07, 6.45) is 2.49. The number of rotatable bonds is 7. The predicted octanol–water partition coefficient (Wildman–Crippen LogP) is 3.83. The summed E-state index contributed by atoms with van der Waals surface area (Å²) in [7, 11) is 0. The Morgan fingerprint density at radius 1 is 1.19 bits per heavy atom. The predicted molar refractivity (Wildman–Crippen MR) is 125 cm³/mol. The van der Waals surface area contributed by atoms with Gasteiger partial charge >= 0.3 is 0 Å². The number of hydrogen-bond acceptors (Lipinski definition) is 5. The van der Waals surface area contributed by atoms with Gasteiger partial charge in [0.25, 0.3) is 5.56 Å². The molecule has 0 bridgehead atoms. The molecule has 0 spiro atoms. The molecule has 0 aliphatic rings. The molecule has 0 aliphatic heterocycles. The molecule has 1 amide bonds. The van der Waals surface area contributed by atoms with Gasteiger partial charge in [-0.1, -0.05) is 55.1 Å². The van der Waals surface area contributed by atoms with E-state index in [1.165, 1.54) is 16.3 Å². The fourth-order valence-corrected chi connectivity index (χ4v) is 4.37. The Hall–Kier alpha value is -3.39. The minimum atomic E-state index is -0.142. The van der Waals surface area contributed by atoms with Crippen LogP contribution in [0.3, 0.4) is 0 Å². The fourth-order valence-electron chi connectivity index (χ4n) is 3.63. The van der Waals surface area contributed by atoms with Crippen LogP contribution in [0.1, 0.15) is 18.1 Å². The molecule has 2 aromatic carbocycles. The molecular weight excluding hydrogens is 410 g/mol. The average molecular weight is 434 g/mol. The molecule has 1 N–H and O–H groups in total. The van der Waals surface area contributed by atoms with Crippen molar-refractivity contribution < 1.29 is 4.79 Å². The maximum atomic E-state index is 12.9. The van der Waals surface area contributed by atoms with E-state index in [-0.39, 0.29) is 17.2 Å². The number of carbonyl (C=O) groups excluding carboxylic acids is 1. The van der Waals surface area contributed by atoms with Crippen LogP contribution in [0.2, 0.25) is 0 Å². The average Bonchev–Trinajstić information content (AvgIpc) is 3.20. The molecule has 0 unspecified atom stereocenters. The van der Waals surface area contributed by atoms with Gasteiger partial charge in [0.15, 0.2) is 5.16 Å². The monoisotopic (exact) mass is 433 g/mol. The molecule has 31 heavy (non-hydrogen) atoms. The Morgan fingerprint density at radius 2 is 2.00 bits per heavy atom. The number of fused-ring (bicyclic) bond motifs is 3. The van der Waals surface area contributed by atoms with Crippen LogP contribution in [0.25, 0.3) is 16.7 Å². The van der Waals surface area contributed by atoms with E-state index in [1.54, 1.807) is 12.1 Å². The van der Waals surface area contributed by atoms with Gasteiger partial charge in [-0.15, -0.1) is 16.8 Å². The van der Waals surface area contributed by atoms with E-state index < -0.39 is 0 Å². The summed E-state index contributed by atoms with van der Waals surface area (Å²) < 4.78 is 3.36. The van der Waals surface area contributed by atoms with Gasteiger partial charge < -0.3 is 5.32 Å². The van der Waals surface area contributed by atoms with Crippen LogP contribution in [-0.2, 0) is 17.8 Å². The molecule has 7 nitrogen and oxygen atoms in total. The third-order valence-electron chi connectivity index (χ3n) is 5.13. The van der Waals surface area contributed by atoms with Crippen molar-refractivity contribution in [1.29, 1.82) is 0 Å². The van der Waals surface area contributed by atoms with E-state index in [4.69, 9.17) is 0 Å². The zero-order valence-electron chi connectivity index (χ0n) is 17.5. The topological polar surface area (TPSA) is 81.3 Å². The number of para-hydroxylation sites is 2. The van der Waals surface area contributed by atoms with E-state index in [9.17, 15) is 9.59 Å². The Bertz CT molecular complexity index is 1360. The normalized spacial score (nSPS) is 11.2. The summed E-state index contributed by atoms with van der Waals surface area (Å²) in [5.41, 5.74) is 3.57. The van der Waals surface area contributed by atoms with Crippen molar-refractivity contribution in [2.75, 3.05) is 11.1 Å². The van der Waals surface area contributed by atoms with Gasteiger partial charge in [0.2, 0.25) is 11.7 Å². The number of amides is 1. The largest absolute Gasteiger partial charge is 0.325 e. The molecule has 0 aliphatic carbocycles. The van der Waals surface area contributed by atoms with Crippen LogP contribution in [0.4, 0.5) is 5.69 Å². The smallest absolute Gasteiger partial charge is 0.263 e. The van der Waals surface area contributed by atoms with Crippen LogP contribution in [0, 0.1) is 6.92 Å². The molecule has 8 heteroatoms. The number of allylic oxidation sites excluding steroid dienone is 1. The molecular formula is C23H23N5O2S. The Kier molecular flexibility index (Phi) is 5.90. The first-order valence-corrected chi connectivity index (χ1v) is 11.0. The number of carbonyl (C=O) groups is 1. The molecule has 2 heterocycles. The summed E-state index contributed by atoms with van der Waals surface area (Å²) >= 11 is 1.29. The standard InChI is InChI=1S/C23H23N5O2S/c1-4-13-27-21(30)17-11-6-7-12-18(17)28-22(27)25-26-23(28)31-14-19(29)24-20-15(3)9-8-10-16(20)5-2/h4,6-12H,1,5,13-14H2,2-3H3,(H,24,29). The van der Waals surface area contributed by atoms with Crippen molar-refractivity contribution in [2.45, 2.75) is 32.0 Å². The number of nitrogens with one attached hydrogen (secondary N) is 1. The number of thioether (sulfide) groups is 1. The van der Waals surface area contributed by atoms with Gasteiger partial charge in [0, 0.05) is 12.2 Å². The number of anilines is 1. The van der Waals surface area contributed by atoms with E-state index in [1.807, 2.05) is 47.7 Å². The summed E-state index contributed by atoms with van der Waals surface area (Å²) in [5.74, 6) is 0.487. The molecule has 4 rings (SSSR count). The van der Waals surface area contributed by atoms with E-state index in [2.05, 4.69) is 29.0 Å². The highest BCUT2D eigenvalue weighted by molar-refractivity contribution is 7.99. The molecule has 4 aromatic rings. The van der Waals surface area contributed by atoms with Gasteiger partial charge in [-0.05, 0) is 36.6 Å². The molecule has 0 fully saturated rings. The minimum absolute atomic E-state index is 0.116. The van der Waals surface area contributed by atoms with E-state index >= 15 is 0 Å². The fraction of sp³-hybridized carbons (Fsp3) is 0.217. The first kappa shape index (κ1) is 20.9. The van der Waals surface area contributed by atoms with E-state index in [0.29, 0.717) is 28.4 Å². The van der Waals surface area contributed by atoms with Gasteiger partial charge in [-0.25, -0.2) is 0 Å². The van der Waals surface area contributed by atoms with Crippen LogP contribution in [-0.4, -0.2) is 30.8 Å². The number of benzene rings is 2. The Labute approximate surface area is 183 Å². The second kappa shape index (κ2) is 8.77. The van der Waals surface area contributed by atoms with Gasteiger partial charge in [0.05, 0.1) is 16.7 Å². The van der Waals surface area contributed by atoms with Crippen LogP contribution in [0.5, 0.6) is 0 Å². The quantitative estimate of drug-likeness (QED) is 0.354. The zero-order chi connectivity index (χ0) is 22.0. The Morgan fingerprint density at radius 3 is 2.77 bits per heavy atom. The SMILES string of the molecule is C=CCn1c(=O)c2ccccc2n2c(SCC(=O)Nc3c(C)cccc3CC)nnc12. The lowest BCUT2D eigenvalue weighted by Gasteiger charge is -2.13. The van der Waals surface area contributed by atoms with Crippen molar-refractivity contribution in [3.05, 3.63) is 76.6 Å². The van der Waals surface area contributed by atoms with Crippen molar-refractivity contribution in [3.8, 4) is 0 Å². The summed E-state index contributed by atoms with van der Waals surface area (Å²) in [6, 6.07) is 13.3. The van der Waals surface area contributed by atoms with Gasteiger partial charge in [0.1, 0.15) is 0 Å². The highest BCUT2D eigenvalue weighted by Crippen LogP contribution is 2.24. The summed E-state index contributed by atoms with van der Waals surface area (Å²) in [5, 5.41) is 12.6. The number of aryl methyl sites for hydroxylation is 2. The summed E-state index contributed by atoms with van der Waals surface area (Å²) in [6.45, 7) is 8.11. The first-order valence-electron chi connectivity index (χ1n) is 10.0. The van der Waals surface area contributed by atoms with Crippen molar-refractivity contribution in [1.82, 2.24) is 19.2 Å². The molecule has 0 atom stereocenters. The van der Waals surface area contributed by atoms with Crippen LogP contribution >= 0.6 is 11.8 Å². The molecule has 0 saturated carbocycles.